The number of hydrogen-bond acceptors (Lipinski definition) is 2. The lowest BCUT2D eigenvalue weighted by Gasteiger charge is -2.13. The van der Waals surface area contributed by atoms with Crippen LogP contribution in [-0.4, -0.2) is 23.0 Å². The molecule has 1 unspecified atom stereocenters. The summed E-state index contributed by atoms with van der Waals surface area (Å²) in [6.45, 7) is 1.67. The van der Waals surface area contributed by atoms with Gasteiger partial charge >= 0.3 is 5.97 Å². The molecule has 1 amide bonds. The van der Waals surface area contributed by atoms with E-state index in [0.717, 1.165) is 6.07 Å². The van der Waals surface area contributed by atoms with Gasteiger partial charge in [-0.15, -0.1) is 0 Å². The number of carbonyl (C=O) groups is 2. The number of hydrogen-bond donors (Lipinski definition) is 2. The first-order valence-electron chi connectivity index (χ1n) is 5.38. The Hall–Kier alpha value is -1.62. The monoisotopic (exact) mass is 273 g/mol. The van der Waals surface area contributed by atoms with E-state index >= 15 is 0 Å². The van der Waals surface area contributed by atoms with Crippen LogP contribution in [0, 0.1) is 5.82 Å². The van der Waals surface area contributed by atoms with Crippen LogP contribution in [0.4, 0.5) is 4.39 Å². The van der Waals surface area contributed by atoms with Crippen LogP contribution >= 0.6 is 11.6 Å². The fraction of sp³-hybridized carbons (Fsp3) is 0.333. The maximum Gasteiger partial charge on any atom is 0.303 e. The smallest absolute Gasteiger partial charge is 0.303 e. The molecule has 0 aliphatic heterocycles. The molecule has 0 radical (unpaired) electrons. The third-order valence-electron chi connectivity index (χ3n) is 2.36. The van der Waals surface area contributed by atoms with E-state index in [2.05, 4.69) is 5.32 Å². The highest BCUT2D eigenvalue weighted by Gasteiger charge is 2.15. The summed E-state index contributed by atoms with van der Waals surface area (Å²) in [4.78, 5) is 22.1. The molecule has 1 aromatic carbocycles. The minimum absolute atomic E-state index is 0.0406. The summed E-state index contributed by atoms with van der Waals surface area (Å²) in [5, 5.41) is 10.8. The van der Waals surface area contributed by atoms with Gasteiger partial charge in [0.05, 0.1) is 10.6 Å². The number of benzene rings is 1. The summed E-state index contributed by atoms with van der Waals surface area (Å²) in [6.07, 6.45) is 0.256. The molecular weight excluding hydrogens is 261 g/mol. The Balaban J connectivity index is 2.65. The van der Waals surface area contributed by atoms with Crippen LogP contribution in [0.3, 0.4) is 0 Å². The molecule has 2 N–H and O–H groups in total. The van der Waals surface area contributed by atoms with Gasteiger partial charge in [0, 0.05) is 12.5 Å². The van der Waals surface area contributed by atoms with Gasteiger partial charge < -0.3 is 10.4 Å². The third kappa shape index (κ3) is 4.00. The molecule has 0 bridgehead atoms. The molecule has 0 aliphatic carbocycles. The van der Waals surface area contributed by atoms with Crippen molar-refractivity contribution in [2.45, 2.75) is 25.8 Å². The molecule has 6 heteroatoms. The largest absolute Gasteiger partial charge is 0.481 e. The standard InChI is InChI=1S/C12H13ClFNO3/c1-7(5-6-10(16)17)15-12(18)8-3-2-4-9(14)11(8)13/h2-4,7H,5-6H2,1H3,(H,15,18)(H,16,17). The number of carboxylic acids is 1. The molecule has 4 nitrogen and oxygen atoms in total. The molecule has 0 aromatic heterocycles. The molecule has 98 valence electrons. The Morgan fingerprint density at radius 3 is 2.78 bits per heavy atom. The minimum Gasteiger partial charge on any atom is -0.481 e. The maximum absolute atomic E-state index is 13.1. The molecule has 18 heavy (non-hydrogen) atoms. The highest BCUT2D eigenvalue weighted by Crippen LogP contribution is 2.19. The maximum atomic E-state index is 13.1. The highest BCUT2D eigenvalue weighted by molar-refractivity contribution is 6.34. The lowest BCUT2D eigenvalue weighted by molar-refractivity contribution is -0.137. The Morgan fingerprint density at radius 1 is 1.50 bits per heavy atom. The molecule has 0 spiro atoms. The van der Waals surface area contributed by atoms with Crippen molar-refractivity contribution in [3.05, 3.63) is 34.6 Å². The van der Waals surface area contributed by atoms with Crippen LogP contribution in [0.25, 0.3) is 0 Å². The summed E-state index contributed by atoms with van der Waals surface area (Å²) in [5.41, 5.74) is 0.0406. The van der Waals surface area contributed by atoms with Gasteiger partial charge in [0.1, 0.15) is 5.82 Å². The van der Waals surface area contributed by atoms with Crippen molar-refractivity contribution in [1.29, 1.82) is 0 Å². The van der Waals surface area contributed by atoms with Gasteiger partial charge in [-0.3, -0.25) is 9.59 Å². The minimum atomic E-state index is -0.931. The van der Waals surface area contributed by atoms with E-state index in [4.69, 9.17) is 16.7 Å². The van der Waals surface area contributed by atoms with Crippen LogP contribution in [0.1, 0.15) is 30.1 Å². The van der Waals surface area contributed by atoms with Crippen LogP contribution in [0.2, 0.25) is 5.02 Å². The van der Waals surface area contributed by atoms with E-state index in [1.54, 1.807) is 6.92 Å². The first kappa shape index (κ1) is 14.4. The highest BCUT2D eigenvalue weighted by atomic mass is 35.5. The lowest BCUT2D eigenvalue weighted by Crippen LogP contribution is -2.33. The summed E-state index contributed by atoms with van der Waals surface area (Å²) in [7, 11) is 0. The molecule has 0 saturated heterocycles. The number of nitrogens with one attached hydrogen (secondary N) is 1. The van der Waals surface area contributed by atoms with Gasteiger partial charge in [0.25, 0.3) is 5.91 Å². The van der Waals surface area contributed by atoms with E-state index in [0.29, 0.717) is 6.42 Å². The van der Waals surface area contributed by atoms with Gasteiger partial charge in [0.15, 0.2) is 0 Å². The van der Waals surface area contributed by atoms with Crippen LogP contribution < -0.4 is 5.32 Å². The summed E-state index contributed by atoms with van der Waals surface area (Å²) in [6, 6.07) is 3.63. The second kappa shape index (κ2) is 6.35. The van der Waals surface area contributed by atoms with E-state index in [9.17, 15) is 14.0 Å². The van der Waals surface area contributed by atoms with Crippen molar-refractivity contribution in [2.75, 3.05) is 0 Å². The van der Waals surface area contributed by atoms with Crippen molar-refractivity contribution in [3.8, 4) is 0 Å². The predicted molar refractivity (Wildman–Crippen MR) is 65.2 cm³/mol. The molecule has 0 heterocycles. The second-order valence-corrected chi connectivity index (χ2v) is 4.29. The van der Waals surface area contributed by atoms with Crippen molar-refractivity contribution >= 4 is 23.5 Å². The first-order chi connectivity index (χ1) is 8.41. The fourth-order valence-corrected chi connectivity index (χ4v) is 1.60. The normalized spacial score (nSPS) is 11.9. The number of amides is 1. The molecule has 1 atom stereocenters. The molecule has 1 aromatic rings. The number of carboxylic acid groups (broad SMARTS) is 1. The molecule has 0 fully saturated rings. The average Bonchev–Trinajstić information content (AvgIpc) is 2.30. The van der Waals surface area contributed by atoms with E-state index in [-0.39, 0.29) is 23.0 Å². The summed E-state index contributed by atoms with van der Waals surface area (Å²) < 4.78 is 13.1. The Morgan fingerprint density at radius 2 is 2.17 bits per heavy atom. The second-order valence-electron chi connectivity index (χ2n) is 3.91. The average molecular weight is 274 g/mol. The van der Waals surface area contributed by atoms with Crippen molar-refractivity contribution < 1.29 is 19.1 Å². The number of aliphatic carboxylic acids is 1. The zero-order valence-electron chi connectivity index (χ0n) is 9.74. The molecule has 1 rings (SSSR count). The van der Waals surface area contributed by atoms with Crippen LogP contribution in [0.15, 0.2) is 18.2 Å². The van der Waals surface area contributed by atoms with Gasteiger partial charge in [-0.2, -0.15) is 0 Å². The van der Waals surface area contributed by atoms with E-state index in [1.165, 1.54) is 12.1 Å². The van der Waals surface area contributed by atoms with E-state index in [1.807, 2.05) is 0 Å². The summed E-state index contributed by atoms with van der Waals surface area (Å²) in [5.74, 6) is -2.11. The molecular formula is C12H13ClFNO3. The Bertz CT molecular complexity index is 465. The van der Waals surface area contributed by atoms with Gasteiger partial charge in [-0.25, -0.2) is 4.39 Å². The zero-order valence-corrected chi connectivity index (χ0v) is 10.5. The van der Waals surface area contributed by atoms with Gasteiger partial charge in [-0.1, -0.05) is 17.7 Å². The van der Waals surface area contributed by atoms with Gasteiger partial charge in [0.2, 0.25) is 0 Å². The number of carbonyl (C=O) groups excluding carboxylic acids is 1. The lowest BCUT2D eigenvalue weighted by atomic mass is 10.1. The van der Waals surface area contributed by atoms with Crippen LogP contribution in [-0.2, 0) is 4.79 Å². The molecule has 0 saturated carbocycles. The topological polar surface area (TPSA) is 66.4 Å². The van der Waals surface area contributed by atoms with Crippen molar-refractivity contribution in [3.63, 3.8) is 0 Å². The first-order valence-corrected chi connectivity index (χ1v) is 5.76. The SMILES string of the molecule is CC(CCC(=O)O)NC(=O)c1cccc(F)c1Cl. The van der Waals surface area contributed by atoms with Gasteiger partial charge in [-0.05, 0) is 25.5 Å². The van der Waals surface area contributed by atoms with E-state index < -0.39 is 17.7 Å². The number of rotatable bonds is 5. The number of halogens is 2. The Labute approximate surface area is 109 Å². The summed E-state index contributed by atoms with van der Waals surface area (Å²) >= 11 is 5.67. The fourth-order valence-electron chi connectivity index (χ4n) is 1.39. The molecule has 0 aliphatic rings. The quantitative estimate of drug-likeness (QED) is 0.866. The van der Waals surface area contributed by atoms with Crippen molar-refractivity contribution in [2.24, 2.45) is 0 Å². The Kier molecular flexibility index (Phi) is 5.09. The predicted octanol–water partition coefficient (Wildman–Crippen LogP) is 2.46. The third-order valence-corrected chi connectivity index (χ3v) is 2.75. The van der Waals surface area contributed by atoms with Crippen LogP contribution in [0.5, 0.6) is 0 Å². The van der Waals surface area contributed by atoms with Crippen molar-refractivity contribution in [1.82, 2.24) is 5.32 Å². The zero-order chi connectivity index (χ0) is 13.7.